The number of benzene rings is 1. The molecule has 0 saturated carbocycles. The van der Waals surface area contributed by atoms with E-state index in [1.54, 1.807) is 0 Å². The molecule has 1 atom stereocenters. The number of hydrogen-bond acceptors (Lipinski definition) is 3. The van der Waals surface area contributed by atoms with Crippen LogP contribution in [0.5, 0.6) is 0 Å². The quantitative estimate of drug-likeness (QED) is 0.891. The zero-order chi connectivity index (χ0) is 16.3. The summed E-state index contributed by atoms with van der Waals surface area (Å²) in [4.78, 5) is 12.1. The van der Waals surface area contributed by atoms with Crippen LogP contribution >= 0.6 is 11.6 Å². The number of nitrogens with two attached hydrogens (primary N) is 1. The molecule has 22 heavy (non-hydrogen) atoms. The van der Waals surface area contributed by atoms with Gasteiger partial charge in [0.1, 0.15) is 0 Å². The second-order valence-corrected chi connectivity index (χ2v) is 5.56. The lowest BCUT2D eigenvalue weighted by Gasteiger charge is -2.26. The van der Waals surface area contributed by atoms with Gasteiger partial charge in [-0.3, -0.25) is 4.79 Å². The summed E-state index contributed by atoms with van der Waals surface area (Å²) in [6.45, 7) is 1.07. The van der Waals surface area contributed by atoms with Crippen LogP contribution in [-0.2, 0) is 15.7 Å². The molecule has 1 fully saturated rings. The number of ether oxygens (including phenoxy) is 1. The minimum Gasteiger partial charge on any atom is -0.381 e. The molecular formula is C14H16ClF3N2O2. The van der Waals surface area contributed by atoms with Gasteiger partial charge in [0.2, 0.25) is 5.91 Å². The number of alkyl halides is 3. The molecule has 2 rings (SSSR count). The highest BCUT2D eigenvalue weighted by Gasteiger charge is 2.34. The molecule has 1 unspecified atom stereocenters. The van der Waals surface area contributed by atoms with Crippen molar-refractivity contribution < 1.29 is 22.7 Å². The average molecular weight is 337 g/mol. The summed E-state index contributed by atoms with van der Waals surface area (Å²) < 4.78 is 43.5. The fourth-order valence-electron chi connectivity index (χ4n) is 2.33. The Kier molecular flexibility index (Phi) is 5.31. The number of halogens is 4. The Morgan fingerprint density at radius 2 is 2.00 bits per heavy atom. The first-order valence-corrected chi connectivity index (χ1v) is 7.18. The Labute approximate surface area is 130 Å². The van der Waals surface area contributed by atoms with Crippen LogP contribution in [0.2, 0.25) is 5.02 Å². The molecular weight excluding hydrogens is 321 g/mol. The molecule has 0 aromatic heterocycles. The van der Waals surface area contributed by atoms with Gasteiger partial charge in [0.15, 0.2) is 0 Å². The number of anilines is 1. The summed E-state index contributed by atoms with van der Waals surface area (Å²) in [5.74, 6) is -0.550. The van der Waals surface area contributed by atoms with Crippen molar-refractivity contribution in [2.24, 2.45) is 11.7 Å². The molecule has 8 heteroatoms. The second kappa shape index (κ2) is 6.85. The Balaban J connectivity index is 2.08. The zero-order valence-electron chi connectivity index (χ0n) is 11.6. The van der Waals surface area contributed by atoms with E-state index in [0.717, 1.165) is 12.1 Å². The van der Waals surface area contributed by atoms with Gasteiger partial charge >= 0.3 is 6.18 Å². The van der Waals surface area contributed by atoms with Crippen LogP contribution in [0.3, 0.4) is 0 Å². The Morgan fingerprint density at radius 1 is 1.36 bits per heavy atom. The summed E-state index contributed by atoms with van der Waals surface area (Å²) >= 11 is 5.53. The third-order valence-electron chi connectivity index (χ3n) is 3.62. The molecule has 1 saturated heterocycles. The number of hydrogen-bond donors (Lipinski definition) is 2. The Hall–Kier alpha value is -1.31. The van der Waals surface area contributed by atoms with Crippen molar-refractivity contribution in [3.05, 3.63) is 28.8 Å². The summed E-state index contributed by atoms with van der Waals surface area (Å²) in [7, 11) is 0. The maximum absolute atomic E-state index is 12.8. The fourth-order valence-corrected chi connectivity index (χ4v) is 2.56. The summed E-state index contributed by atoms with van der Waals surface area (Å²) in [6.07, 6.45) is -3.27. The predicted molar refractivity (Wildman–Crippen MR) is 76.6 cm³/mol. The van der Waals surface area contributed by atoms with Crippen LogP contribution in [0.4, 0.5) is 18.9 Å². The number of carbonyl (C=O) groups excluding carboxylic acids is 1. The molecule has 1 aromatic rings. The van der Waals surface area contributed by atoms with E-state index in [0.29, 0.717) is 26.1 Å². The van der Waals surface area contributed by atoms with E-state index in [2.05, 4.69) is 5.32 Å². The van der Waals surface area contributed by atoms with Crippen molar-refractivity contribution in [3.8, 4) is 0 Å². The highest BCUT2D eigenvalue weighted by molar-refractivity contribution is 6.31. The number of carbonyl (C=O) groups is 1. The molecule has 0 spiro atoms. The van der Waals surface area contributed by atoms with Crippen LogP contribution in [-0.4, -0.2) is 25.2 Å². The van der Waals surface area contributed by atoms with Crippen molar-refractivity contribution >= 4 is 23.2 Å². The van der Waals surface area contributed by atoms with Gasteiger partial charge in [0, 0.05) is 18.9 Å². The van der Waals surface area contributed by atoms with E-state index in [1.807, 2.05) is 0 Å². The molecule has 1 aliphatic heterocycles. The first kappa shape index (κ1) is 17.1. The number of nitrogens with one attached hydrogen (secondary N) is 1. The highest BCUT2D eigenvalue weighted by Crippen LogP contribution is 2.36. The van der Waals surface area contributed by atoms with E-state index >= 15 is 0 Å². The lowest BCUT2D eigenvalue weighted by atomic mass is 9.92. The Morgan fingerprint density at radius 3 is 2.59 bits per heavy atom. The van der Waals surface area contributed by atoms with E-state index in [4.69, 9.17) is 22.1 Å². The first-order valence-electron chi connectivity index (χ1n) is 6.80. The van der Waals surface area contributed by atoms with Gasteiger partial charge in [-0.05, 0) is 37.0 Å². The summed E-state index contributed by atoms with van der Waals surface area (Å²) in [6, 6.07) is 2.43. The van der Waals surface area contributed by atoms with Gasteiger partial charge in [-0.1, -0.05) is 11.6 Å². The standard InChI is InChI=1S/C14H16ClF3N2O2/c15-11-2-1-9(7-10(11)14(16,17)18)20-13(21)12(19)8-3-5-22-6-4-8/h1-2,7-8,12H,3-6,19H2,(H,20,21). The fraction of sp³-hybridized carbons (Fsp3) is 0.500. The maximum atomic E-state index is 12.8. The van der Waals surface area contributed by atoms with Gasteiger partial charge in [0.05, 0.1) is 16.6 Å². The van der Waals surface area contributed by atoms with Crippen molar-refractivity contribution in [3.63, 3.8) is 0 Å². The van der Waals surface area contributed by atoms with Crippen LogP contribution < -0.4 is 11.1 Å². The minimum atomic E-state index is -4.58. The SMILES string of the molecule is NC(C(=O)Nc1ccc(Cl)c(C(F)(F)F)c1)C1CCOCC1. The molecule has 1 heterocycles. The second-order valence-electron chi connectivity index (χ2n) is 5.16. The zero-order valence-corrected chi connectivity index (χ0v) is 12.4. The summed E-state index contributed by atoms with van der Waals surface area (Å²) in [5.41, 5.74) is 4.90. The van der Waals surface area contributed by atoms with Gasteiger partial charge in [-0.15, -0.1) is 0 Å². The molecule has 1 aliphatic rings. The average Bonchev–Trinajstić information content (AvgIpc) is 2.48. The third kappa shape index (κ3) is 4.12. The van der Waals surface area contributed by atoms with Crippen molar-refractivity contribution in [1.82, 2.24) is 0 Å². The molecule has 0 radical (unpaired) electrons. The molecule has 1 amide bonds. The highest BCUT2D eigenvalue weighted by atomic mass is 35.5. The van der Waals surface area contributed by atoms with E-state index < -0.39 is 28.7 Å². The Bertz CT molecular complexity index is 545. The lowest BCUT2D eigenvalue weighted by Crippen LogP contribution is -2.44. The van der Waals surface area contributed by atoms with Crippen LogP contribution in [0.1, 0.15) is 18.4 Å². The lowest BCUT2D eigenvalue weighted by molar-refractivity contribution is -0.137. The predicted octanol–water partition coefficient (Wildman–Crippen LogP) is 3.05. The largest absolute Gasteiger partial charge is 0.417 e. The molecule has 4 nitrogen and oxygen atoms in total. The van der Waals surface area contributed by atoms with Gasteiger partial charge < -0.3 is 15.8 Å². The minimum absolute atomic E-state index is 0.0178. The molecule has 0 aliphatic carbocycles. The normalized spacial score (nSPS) is 18.0. The van der Waals surface area contributed by atoms with Crippen LogP contribution in [0, 0.1) is 5.92 Å². The van der Waals surface area contributed by atoms with E-state index in [1.165, 1.54) is 6.07 Å². The molecule has 1 aromatic carbocycles. The molecule has 3 N–H and O–H groups in total. The van der Waals surface area contributed by atoms with Gasteiger partial charge in [0.25, 0.3) is 0 Å². The van der Waals surface area contributed by atoms with Crippen molar-refractivity contribution in [2.45, 2.75) is 25.1 Å². The summed E-state index contributed by atoms with van der Waals surface area (Å²) in [5, 5.41) is 2.00. The van der Waals surface area contributed by atoms with Gasteiger partial charge in [-0.2, -0.15) is 13.2 Å². The molecule has 122 valence electrons. The van der Waals surface area contributed by atoms with E-state index in [-0.39, 0.29) is 11.6 Å². The number of rotatable bonds is 3. The first-order chi connectivity index (χ1) is 10.3. The van der Waals surface area contributed by atoms with Crippen molar-refractivity contribution in [2.75, 3.05) is 18.5 Å². The van der Waals surface area contributed by atoms with Crippen LogP contribution in [0.15, 0.2) is 18.2 Å². The van der Waals surface area contributed by atoms with Crippen molar-refractivity contribution in [1.29, 1.82) is 0 Å². The maximum Gasteiger partial charge on any atom is 0.417 e. The van der Waals surface area contributed by atoms with Gasteiger partial charge in [-0.25, -0.2) is 0 Å². The monoisotopic (exact) mass is 336 g/mol. The smallest absolute Gasteiger partial charge is 0.381 e. The number of amides is 1. The molecule has 0 bridgehead atoms. The van der Waals surface area contributed by atoms with Crippen LogP contribution in [0.25, 0.3) is 0 Å². The van der Waals surface area contributed by atoms with E-state index in [9.17, 15) is 18.0 Å². The third-order valence-corrected chi connectivity index (χ3v) is 3.95. The topological polar surface area (TPSA) is 64.4 Å².